The van der Waals surface area contributed by atoms with E-state index in [1.807, 2.05) is 30.3 Å². The molecule has 0 saturated heterocycles. The molecular formula is C20H21FN4OS. The molecule has 0 spiro atoms. The summed E-state index contributed by atoms with van der Waals surface area (Å²) in [5, 5.41) is 10.2. The van der Waals surface area contributed by atoms with Gasteiger partial charge in [-0.2, -0.15) is 0 Å². The van der Waals surface area contributed by atoms with Crippen LogP contribution >= 0.6 is 11.8 Å². The van der Waals surface area contributed by atoms with Crippen molar-refractivity contribution in [2.75, 3.05) is 5.75 Å². The summed E-state index contributed by atoms with van der Waals surface area (Å²) in [5.41, 5.74) is 1.43. The Kier molecular flexibility index (Phi) is 6.24. The van der Waals surface area contributed by atoms with Crippen molar-refractivity contribution in [3.63, 3.8) is 0 Å². The summed E-state index contributed by atoms with van der Waals surface area (Å²) < 4.78 is 13.8. The van der Waals surface area contributed by atoms with Crippen molar-refractivity contribution in [1.29, 1.82) is 0 Å². The van der Waals surface area contributed by atoms with Crippen LogP contribution < -0.4 is 5.32 Å². The molecule has 140 valence electrons. The molecule has 0 radical (unpaired) electrons. The first-order chi connectivity index (χ1) is 13.0. The van der Waals surface area contributed by atoms with Gasteiger partial charge in [0.2, 0.25) is 11.1 Å². The highest BCUT2D eigenvalue weighted by molar-refractivity contribution is 7.99. The minimum atomic E-state index is -0.370. The average molecular weight is 384 g/mol. The molecular weight excluding hydrogens is 363 g/mol. The SMILES string of the molecule is CC(C)C(NC(=O)CSc1n[nH]c(-c2ccccc2F)n1)c1ccccc1. The third-order valence-electron chi connectivity index (χ3n) is 4.07. The molecule has 0 aliphatic heterocycles. The van der Waals surface area contributed by atoms with E-state index in [-0.39, 0.29) is 29.4 Å². The highest BCUT2D eigenvalue weighted by atomic mass is 32.2. The maximum atomic E-state index is 13.8. The van der Waals surface area contributed by atoms with Crippen LogP contribution in [0.4, 0.5) is 4.39 Å². The Morgan fingerprint density at radius 1 is 1.15 bits per heavy atom. The first kappa shape index (κ1) is 19.1. The molecule has 1 amide bonds. The highest BCUT2D eigenvalue weighted by Gasteiger charge is 2.19. The zero-order valence-corrected chi connectivity index (χ0v) is 16.0. The Labute approximate surface area is 161 Å². The zero-order valence-electron chi connectivity index (χ0n) is 15.1. The van der Waals surface area contributed by atoms with Crippen LogP contribution in [0.15, 0.2) is 59.8 Å². The number of nitrogens with one attached hydrogen (secondary N) is 2. The Hall–Kier alpha value is -2.67. The number of halogens is 1. The molecule has 1 heterocycles. The maximum absolute atomic E-state index is 13.8. The lowest BCUT2D eigenvalue weighted by Crippen LogP contribution is -2.32. The second-order valence-corrected chi connectivity index (χ2v) is 7.38. The molecule has 1 unspecified atom stereocenters. The van der Waals surface area contributed by atoms with Crippen molar-refractivity contribution >= 4 is 17.7 Å². The van der Waals surface area contributed by atoms with Gasteiger partial charge in [0.1, 0.15) is 5.82 Å². The number of benzene rings is 2. The summed E-state index contributed by atoms with van der Waals surface area (Å²) >= 11 is 1.21. The number of aromatic amines is 1. The van der Waals surface area contributed by atoms with Gasteiger partial charge >= 0.3 is 0 Å². The maximum Gasteiger partial charge on any atom is 0.230 e. The fraction of sp³-hybridized carbons (Fsp3) is 0.250. The highest BCUT2D eigenvalue weighted by Crippen LogP contribution is 2.23. The number of hydrogen-bond donors (Lipinski definition) is 2. The molecule has 5 nitrogen and oxygen atoms in total. The van der Waals surface area contributed by atoms with Crippen LogP contribution in [-0.2, 0) is 4.79 Å². The van der Waals surface area contributed by atoms with Gasteiger partial charge in [-0.15, -0.1) is 5.10 Å². The number of hydrogen-bond acceptors (Lipinski definition) is 4. The number of nitrogens with zero attached hydrogens (tertiary/aromatic N) is 2. The van der Waals surface area contributed by atoms with Crippen molar-refractivity contribution in [3.8, 4) is 11.4 Å². The molecule has 1 atom stereocenters. The predicted octanol–water partition coefficient (Wildman–Crippen LogP) is 4.22. The summed E-state index contributed by atoms with van der Waals surface area (Å²) in [6.07, 6.45) is 0. The summed E-state index contributed by atoms with van der Waals surface area (Å²) in [6.45, 7) is 4.14. The number of thioether (sulfide) groups is 1. The van der Waals surface area contributed by atoms with Gasteiger partial charge in [0, 0.05) is 0 Å². The van der Waals surface area contributed by atoms with Gasteiger partial charge < -0.3 is 5.32 Å². The van der Waals surface area contributed by atoms with Gasteiger partial charge in [-0.3, -0.25) is 9.89 Å². The van der Waals surface area contributed by atoms with E-state index in [0.29, 0.717) is 16.5 Å². The minimum absolute atomic E-state index is 0.0552. The summed E-state index contributed by atoms with van der Waals surface area (Å²) in [7, 11) is 0. The Morgan fingerprint density at radius 2 is 1.85 bits per heavy atom. The van der Waals surface area contributed by atoms with Crippen molar-refractivity contribution in [1.82, 2.24) is 20.5 Å². The number of rotatable bonds is 7. The van der Waals surface area contributed by atoms with Crippen LogP contribution in [0, 0.1) is 11.7 Å². The number of aromatic nitrogens is 3. The number of carbonyl (C=O) groups excluding carboxylic acids is 1. The van der Waals surface area contributed by atoms with Gasteiger partial charge in [-0.25, -0.2) is 9.37 Å². The molecule has 0 aliphatic rings. The van der Waals surface area contributed by atoms with Crippen LogP contribution in [0.1, 0.15) is 25.5 Å². The number of amides is 1. The van der Waals surface area contributed by atoms with Crippen LogP contribution in [-0.4, -0.2) is 26.8 Å². The topological polar surface area (TPSA) is 70.7 Å². The predicted molar refractivity (Wildman–Crippen MR) is 105 cm³/mol. The standard InChI is InChI=1S/C20H21FN4OS/c1-13(2)18(14-8-4-3-5-9-14)22-17(26)12-27-20-23-19(24-25-20)15-10-6-7-11-16(15)21/h3-11,13,18H,12H2,1-2H3,(H,22,26)(H,23,24,25). The largest absolute Gasteiger partial charge is 0.348 e. The molecule has 3 rings (SSSR count). The quantitative estimate of drug-likeness (QED) is 0.599. The average Bonchev–Trinajstić information content (AvgIpc) is 3.14. The van der Waals surface area contributed by atoms with Gasteiger partial charge in [0.25, 0.3) is 0 Å². The molecule has 2 N–H and O–H groups in total. The van der Waals surface area contributed by atoms with Crippen LogP contribution in [0.3, 0.4) is 0 Å². The summed E-state index contributed by atoms with van der Waals surface area (Å²) in [6, 6.07) is 16.2. The van der Waals surface area contributed by atoms with Crippen LogP contribution in [0.25, 0.3) is 11.4 Å². The fourth-order valence-electron chi connectivity index (χ4n) is 2.73. The number of carbonyl (C=O) groups is 1. The van der Waals surface area contributed by atoms with Gasteiger partial charge in [0.15, 0.2) is 5.82 Å². The van der Waals surface area contributed by atoms with E-state index < -0.39 is 0 Å². The third-order valence-corrected chi connectivity index (χ3v) is 4.92. The number of H-pyrrole nitrogens is 1. The van der Waals surface area contributed by atoms with E-state index in [0.717, 1.165) is 5.56 Å². The van der Waals surface area contributed by atoms with E-state index in [9.17, 15) is 9.18 Å². The Morgan fingerprint density at radius 3 is 2.56 bits per heavy atom. The van der Waals surface area contributed by atoms with E-state index in [1.54, 1.807) is 18.2 Å². The molecule has 0 bridgehead atoms. The van der Waals surface area contributed by atoms with Gasteiger partial charge in [0.05, 0.1) is 17.4 Å². The van der Waals surface area contributed by atoms with E-state index >= 15 is 0 Å². The first-order valence-corrected chi connectivity index (χ1v) is 9.67. The van der Waals surface area contributed by atoms with Crippen molar-refractivity contribution < 1.29 is 9.18 Å². The van der Waals surface area contributed by atoms with E-state index in [1.165, 1.54) is 17.8 Å². The minimum Gasteiger partial charge on any atom is -0.348 e. The van der Waals surface area contributed by atoms with Crippen LogP contribution in [0.5, 0.6) is 0 Å². The Balaban J connectivity index is 1.60. The second-order valence-electron chi connectivity index (χ2n) is 6.43. The summed E-state index contributed by atoms with van der Waals surface area (Å²) in [5.74, 6) is 0.327. The lowest BCUT2D eigenvalue weighted by atomic mass is 9.96. The molecule has 0 aliphatic carbocycles. The fourth-order valence-corrected chi connectivity index (χ4v) is 3.33. The lowest BCUT2D eigenvalue weighted by molar-refractivity contribution is -0.119. The molecule has 7 heteroatoms. The molecule has 2 aromatic carbocycles. The molecule has 27 heavy (non-hydrogen) atoms. The lowest BCUT2D eigenvalue weighted by Gasteiger charge is -2.22. The monoisotopic (exact) mass is 384 g/mol. The normalized spacial score (nSPS) is 12.1. The first-order valence-electron chi connectivity index (χ1n) is 8.69. The molecule has 0 saturated carbocycles. The van der Waals surface area contributed by atoms with Crippen molar-refractivity contribution in [3.05, 3.63) is 66.0 Å². The molecule has 0 fully saturated rings. The Bertz CT molecular complexity index is 898. The van der Waals surface area contributed by atoms with Crippen molar-refractivity contribution in [2.24, 2.45) is 5.92 Å². The van der Waals surface area contributed by atoms with Gasteiger partial charge in [-0.05, 0) is 23.6 Å². The third kappa shape index (κ3) is 4.95. The van der Waals surface area contributed by atoms with Gasteiger partial charge in [-0.1, -0.05) is 68.1 Å². The second kappa shape index (κ2) is 8.81. The van der Waals surface area contributed by atoms with Crippen LogP contribution in [0.2, 0.25) is 0 Å². The van der Waals surface area contributed by atoms with E-state index in [2.05, 4.69) is 34.3 Å². The molecule has 3 aromatic rings. The smallest absolute Gasteiger partial charge is 0.230 e. The van der Waals surface area contributed by atoms with Crippen molar-refractivity contribution in [2.45, 2.75) is 25.0 Å². The van der Waals surface area contributed by atoms with E-state index in [4.69, 9.17) is 0 Å². The summed E-state index contributed by atoms with van der Waals surface area (Å²) in [4.78, 5) is 16.6. The zero-order chi connectivity index (χ0) is 19.2. The molecule has 1 aromatic heterocycles.